The molecule has 0 radical (unpaired) electrons. The highest BCUT2D eigenvalue weighted by Crippen LogP contribution is 2.22. The van der Waals surface area contributed by atoms with Crippen LogP contribution in [0, 0.1) is 27.7 Å². The number of sulfonamides is 1. The number of anilines is 3. The topological polar surface area (TPSA) is 110 Å². The highest BCUT2D eigenvalue weighted by Gasteiger charge is 2.24. The van der Waals surface area contributed by atoms with Crippen LogP contribution in [0.15, 0.2) is 39.8 Å². The predicted molar refractivity (Wildman–Crippen MR) is 98.0 cm³/mol. The Morgan fingerprint density at radius 3 is 2.19 bits per heavy atom. The van der Waals surface area contributed by atoms with E-state index in [1.807, 2.05) is 32.0 Å². The Labute approximate surface area is 151 Å². The molecule has 0 spiro atoms. The second kappa shape index (κ2) is 6.75. The fourth-order valence-corrected chi connectivity index (χ4v) is 3.80. The fraction of sp³-hybridized carbons (Fsp3) is 0.235. The van der Waals surface area contributed by atoms with Gasteiger partial charge in [-0.1, -0.05) is 11.2 Å². The average molecular weight is 373 g/mol. The second-order valence-corrected chi connectivity index (χ2v) is 7.61. The van der Waals surface area contributed by atoms with Gasteiger partial charge >= 0.3 is 0 Å². The van der Waals surface area contributed by atoms with E-state index in [4.69, 9.17) is 4.52 Å². The summed E-state index contributed by atoms with van der Waals surface area (Å²) < 4.78 is 32.2. The molecular weight excluding hydrogens is 354 g/mol. The van der Waals surface area contributed by atoms with Gasteiger partial charge in [0.1, 0.15) is 5.69 Å². The van der Waals surface area contributed by atoms with Gasteiger partial charge in [0.2, 0.25) is 0 Å². The molecule has 0 saturated carbocycles. The Morgan fingerprint density at radius 1 is 0.923 bits per heavy atom. The molecule has 3 aromatic rings. The molecule has 2 heterocycles. The SMILES string of the molecule is Cc1ccc(Nc2ccc(NS(=O)(=O)c3c(C)noc3C)nn2)cc1C. The summed E-state index contributed by atoms with van der Waals surface area (Å²) in [5.74, 6) is 0.833. The smallest absolute Gasteiger partial charge is 0.268 e. The lowest BCUT2D eigenvalue weighted by molar-refractivity contribution is 0.390. The molecule has 0 aliphatic carbocycles. The molecule has 0 bridgehead atoms. The lowest BCUT2D eigenvalue weighted by atomic mass is 10.1. The van der Waals surface area contributed by atoms with Crippen molar-refractivity contribution >= 4 is 27.3 Å². The highest BCUT2D eigenvalue weighted by atomic mass is 32.2. The first-order valence-corrected chi connectivity index (χ1v) is 9.38. The van der Waals surface area contributed by atoms with Gasteiger partial charge in [-0.2, -0.15) is 0 Å². The normalized spacial score (nSPS) is 11.4. The molecule has 1 aromatic carbocycles. The number of hydrogen-bond donors (Lipinski definition) is 2. The van der Waals surface area contributed by atoms with Crippen molar-refractivity contribution in [3.63, 3.8) is 0 Å². The first-order chi connectivity index (χ1) is 12.3. The van der Waals surface area contributed by atoms with Crippen molar-refractivity contribution in [1.82, 2.24) is 15.4 Å². The van der Waals surface area contributed by atoms with E-state index >= 15 is 0 Å². The van der Waals surface area contributed by atoms with E-state index in [9.17, 15) is 8.42 Å². The number of rotatable bonds is 5. The minimum atomic E-state index is -3.84. The molecule has 0 aliphatic heterocycles. The Bertz CT molecular complexity index is 1020. The molecule has 8 nitrogen and oxygen atoms in total. The third-order valence-electron chi connectivity index (χ3n) is 3.92. The Morgan fingerprint density at radius 2 is 1.62 bits per heavy atom. The fourth-order valence-electron chi connectivity index (χ4n) is 2.47. The molecule has 26 heavy (non-hydrogen) atoms. The van der Waals surface area contributed by atoms with Crippen LogP contribution in [0.3, 0.4) is 0 Å². The zero-order valence-corrected chi connectivity index (χ0v) is 15.7. The largest absolute Gasteiger partial charge is 0.360 e. The summed E-state index contributed by atoms with van der Waals surface area (Å²) in [5, 5.41) is 14.7. The summed E-state index contributed by atoms with van der Waals surface area (Å²) in [6.45, 7) is 7.17. The minimum absolute atomic E-state index is 0.0108. The molecule has 0 aliphatic rings. The number of aryl methyl sites for hydroxylation is 4. The molecular formula is C17H19N5O3S. The van der Waals surface area contributed by atoms with Crippen LogP contribution in [0.2, 0.25) is 0 Å². The van der Waals surface area contributed by atoms with Crippen LogP contribution in [0.4, 0.5) is 17.3 Å². The maximum Gasteiger partial charge on any atom is 0.268 e. The summed E-state index contributed by atoms with van der Waals surface area (Å²) in [7, 11) is -3.84. The van der Waals surface area contributed by atoms with Crippen LogP contribution in [0.5, 0.6) is 0 Å². The van der Waals surface area contributed by atoms with E-state index in [1.54, 1.807) is 13.0 Å². The van der Waals surface area contributed by atoms with Gasteiger partial charge < -0.3 is 9.84 Å². The molecule has 2 aromatic heterocycles. The number of nitrogens with zero attached hydrogens (tertiary/aromatic N) is 3. The van der Waals surface area contributed by atoms with E-state index in [2.05, 4.69) is 25.4 Å². The summed E-state index contributed by atoms with van der Waals surface area (Å²) in [6, 6.07) is 9.14. The van der Waals surface area contributed by atoms with Gasteiger partial charge in [0.05, 0.1) is 0 Å². The third kappa shape index (κ3) is 3.67. The first kappa shape index (κ1) is 17.9. The van der Waals surface area contributed by atoms with E-state index in [-0.39, 0.29) is 22.2 Å². The average Bonchev–Trinajstić information content (AvgIpc) is 2.92. The molecule has 3 rings (SSSR count). The molecule has 0 fully saturated rings. The van der Waals surface area contributed by atoms with Crippen LogP contribution in [0.25, 0.3) is 0 Å². The van der Waals surface area contributed by atoms with Gasteiger partial charge in [0.15, 0.2) is 22.3 Å². The first-order valence-electron chi connectivity index (χ1n) is 7.90. The van der Waals surface area contributed by atoms with Crippen LogP contribution in [-0.2, 0) is 10.0 Å². The van der Waals surface area contributed by atoms with Gasteiger partial charge in [-0.25, -0.2) is 8.42 Å². The van der Waals surface area contributed by atoms with Crippen molar-refractivity contribution in [2.24, 2.45) is 0 Å². The van der Waals surface area contributed by atoms with Gasteiger partial charge in [-0.05, 0) is 63.1 Å². The number of benzene rings is 1. The summed E-state index contributed by atoms with van der Waals surface area (Å²) in [6.07, 6.45) is 0. The Kier molecular flexibility index (Phi) is 4.64. The standard InChI is InChI=1S/C17H19N5O3S/c1-10-5-6-14(9-11(10)2)18-15-7-8-16(20-19-15)22-26(23,24)17-12(3)21-25-13(17)4/h5-9H,1-4H3,(H,18,19)(H,20,22). The van der Waals surface area contributed by atoms with Gasteiger partial charge in [0, 0.05) is 5.69 Å². The van der Waals surface area contributed by atoms with Crippen LogP contribution in [0.1, 0.15) is 22.6 Å². The summed E-state index contributed by atoms with van der Waals surface area (Å²) in [4.78, 5) is 0.0108. The van der Waals surface area contributed by atoms with Crippen molar-refractivity contribution in [2.75, 3.05) is 10.0 Å². The lowest BCUT2D eigenvalue weighted by Gasteiger charge is -2.09. The molecule has 136 valence electrons. The molecule has 0 amide bonds. The van der Waals surface area contributed by atoms with Crippen molar-refractivity contribution in [3.05, 3.63) is 52.9 Å². The van der Waals surface area contributed by atoms with Crippen LogP contribution in [-0.4, -0.2) is 23.8 Å². The van der Waals surface area contributed by atoms with E-state index in [1.165, 1.54) is 18.6 Å². The molecule has 2 N–H and O–H groups in total. The molecule has 0 saturated heterocycles. The second-order valence-electron chi connectivity index (χ2n) is 5.99. The highest BCUT2D eigenvalue weighted by molar-refractivity contribution is 7.92. The molecule has 9 heteroatoms. The zero-order valence-electron chi connectivity index (χ0n) is 14.9. The summed E-state index contributed by atoms with van der Waals surface area (Å²) >= 11 is 0. The Hall–Kier alpha value is -2.94. The zero-order chi connectivity index (χ0) is 18.9. The Balaban J connectivity index is 1.76. The lowest BCUT2D eigenvalue weighted by Crippen LogP contribution is -2.15. The van der Waals surface area contributed by atoms with E-state index in [0.29, 0.717) is 5.82 Å². The number of nitrogens with one attached hydrogen (secondary N) is 2. The molecule has 0 atom stereocenters. The van der Waals surface area contributed by atoms with Gasteiger partial charge in [-0.3, -0.25) is 4.72 Å². The predicted octanol–water partition coefficient (Wildman–Crippen LogP) is 3.24. The quantitative estimate of drug-likeness (QED) is 0.706. The van der Waals surface area contributed by atoms with Crippen molar-refractivity contribution in [3.8, 4) is 0 Å². The van der Waals surface area contributed by atoms with Crippen LogP contribution >= 0.6 is 0 Å². The van der Waals surface area contributed by atoms with Crippen molar-refractivity contribution < 1.29 is 12.9 Å². The number of aromatic nitrogens is 3. The van der Waals surface area contributed by atoms with Crippen molar-refractivity contribution in [2.45, 2.75) is 32.6 Å². The van der Waals surface area contributed by atoms with Crippen molar-refractivity contribution in [1.29, 1.82) is 0 Å². The van der Waals surface area contributed by atoms with E-state index < -0.39 is 10.0 Å². The summed E-state index contributed by atoms with van der Waals surface area (Å²) in [5.41, 5.74) is 3.53. The van der Waals surface area contributed by atoms with Crippen LogP contribution < -0.4 is 10.0 Å². The van der Waals surface area contributed by atoms with E-state index in [0.717, 1.165) is 11.3 Å². The van der Waals surface area contributed by atoms with Gasteiger partial charge in [0.25, 0.3) is 10.0 Å². The minimum Gasteiger partial charge on any atom is -0.360 e. The molecule has 0 unspecified atom stereocenters. The third-order valence-corrected chi connectivity index (χ3v) is 5.52. The van der Waals surface area contributed by atoms with Gasteiger partial charge in [-0.15, -0.1) is 10.2 Å². The monoisotopic (exact) mass is 373 g/mol. The number of hydrogen-bond acceptors (Lipinski definition) is 7. The maximum atomic E-state index is 12.5. The maximum absolute atomic E-state index is 12.5.